The second kappa shape index (κ2) is 10.1. The van der Waals surface area contributed by atoms with E-state index in [1.54, 1.807) is 50.2 Å². The Morgan fingerprint density at radius 2 is 1.58 bits per heavy atom. The lowest BCUT2D eigenvalue weighted by atomic mass is 10.1. The van der Waals surface area contributed by atoms with Crippen LogP contribution < -0.4 is 4.31 Å². The average molecular weight is 468 g/mol. The van der Waals surface area contributed by atoms with Gasteiger partial charge in [-0.15, -0.1) is 0 Å². The van der Waals surface area contributed by atoms with Gasteiger partial charge in [0.15, 0.2) is 0 Å². The number of benzene rings is 3. The third-order valence-electron chi connectivity index (χ3n) is 5.46. The second-order valence-electron chi connectivity index (χ2n) is 8.15. The smallest absolute Gasteiger partial charge is 0.305 e. The lowest BCUT2D eigenvalue weighted by molar-refractivity contribution is -0.140. The van der Waals surface area contributed by atoms with Crippen LogP contribution in [0.15, 0.2) is 65.6 Å². The van der Waals surface area contributed by atoms with Crippen LogP contribution in [0, 0.1) is 20.8 Å². The molecule has 0 bridgehead atoms. The first kappa shape index (κ1) is 24.3. The van der Waals surface area contributed by atoms with Gasteiger partial charge in [0, 0.05) is 6.42 Å². The van der Waals surface area contributed by atoms with Gasteiger partial charge >= 0.3 is 5.97 Å². The number of carbonyl (C=O) groups is 1. The number of carbonyl (C=O) groups excluding carboxylic acids is 1. The third-order valence-corrected chi connectivity index (χ3v) is 7.54. The van der Waals surface area contributed by atoms with E-state index in [-0.39, 0.29) is 29.6 Å². The maximum absolute atomic E-state index is 13.9. The first-order chi connectivity index (χ1) is 15.6. The van der Waals surface area contributed by atoms with Gasteiger partial charge in [0.2, 0.25) is 0 Å². The van der Waals surface area contributed by atoms with Gasteiger partial charge in [0.05, 0.1) is 24.2 Å². The van der Waals surface area contributed by atoms with Crippen molar-refractivity contribution in [2.24, 2.45) is 0 Å². The van der Waals surface area contributed by atoms with Crippen molar-refractivity contribution in [1.82, 2.24) is 0 Å². The summed E-state index contributed by atoms with van der Waals surface area (Å²) in [5.74, 6) is -0.219. The zero-order chi connectivity index (χ0) is 24.2. The Labute approximate surface area is 195 Å². The number of nitrogens with zero attached hydrogens (tertiary/aromatic N) is 1. The van der Waals surface area contributed by atoms with Crippen molar-refractivity contribution < 1.29 is 23.1 Å². The molecule has 0 aliphatic carbocycles. The summed E-state index contributed by atoms with van der Waals surface area (Å²) in [6, 6.07) is 17.4. The fraction of sp³-hybridized carbons (Fsp3) is 0.269. The molecule has 0 atom stereocenters. The Morgan fingerprint density at radius 1 is 0.939 bits per heavy atom. The van der Waals surface area contributed by atoms with Gasteiger partial charge in [-0.2, -0.15) is 0 Å². The molecule has 0 saturated heterocycles. The van der Waals surface area contributed by atoms with Crippen molar-refractivity contribution in [1.29, 1.82) is 0 Å². The molecule has 174 valence electrons. The van der Waals surface area contributed by atoms with Crippen molar-refractivity contribution in [2.45, 2.75) is 45.1 Å². The Hall–Kier alpha value is -3.32. The van der Waals surface area contributed by atoms with Crippen LogP contribution >= 0.6 is 0 Å². The first-order valence-corrected chi connectivity index (χ1v) is 12.1. The summed E-state index contributed by atoms with van der Waals surface area (Å²) in [6.07, 6.45) is 0.755. The van der Waals surface area contributed by atoms with E-state index in [4.69, 9.17) is 0 Å². The van der Waals surface area contributed by atoms with E-state index in [0.717, 1.165) is 11.1 Å². The predicted octanol–water partition coefficient (Wildman–Crippen LogP) is 4.82. The molecule has 1 N–H and O–H groups in total. The van der Waals surface area contributed by atoms with Crippen molar-refractivity contribution in [2.75, 3.05) is 11.4 Å². The highest BCUT2D eigenvalue weighted by Gasteiger charge is 2.28. The lowest BCUT2D eigenvalue weighted by Crippen LogP contribution is -2.31. The Morgan fingerprint density at radius 3 is 2.15 bits per heavy atom. The highest BCUT2D eigenvalue weighted by atomic mass is 32.2. The summed E-state index contributed by atoms with van der Waals surface area (Å²) in [6.45, 7) is 5.60. The van der Waals surface area contributed by atoms with Crippen LogP contribution in [-0.2, 0) is 32.5 Å². The number of aryl methyl sites for hydroxylation is 4. The Kier molecular flexibility index (Phi) is 7.43. The second-order valence-corrected chi connectivity index (χ2v) is 9.95. The zero-order valence-corrected chi connectivity index (χ0v) is 20.1. The Bertz CT molecular complexity index is 1230. The summed E-state index contributed by atoms with van der Waals surface area (Å²) in [5.41, 5.74) is 4.43. The molecule has 0 saturated carbocycles. The molecule has 3 rings (SSSR count). The quantitative estimate of drug-likeness (QED) is 0.480. The summed E-state index contributed by atoms with van der Waals surface area (Å²) < 4.78 is 33.9. The van der Waals surface area contributed by atoms with Crippen LogP contribution in [0.1, 0.15) is 34.2 Å². The SMILES string of the molecule is COC(=O)CCc1ccc(N(Cc2cccc(O)c2)S(=O)(=O)c2c(C)cc(C)cc2C)cc1. The predicted molar refractivity (Wildman–Crippen MR) is 129 cm³/mol. The lowest BCUT2D eigenvalue weighted by Gasteiger charge is -2.27. The van der Waals surface area contributed by atoms with Crippen LogP contribution in [0.4, 0.5) is 5.69 Å². The number of esters is 1. The largest absolute Gasteiger partial charge is 0.508 e. The molecule has 6 nitrogen and oxygen atoms in total. The van der Waals surface area contributed by atoms with Crippen LogP contribution in [0.25, 0.3) is 0 Å². The molecule has 0 aliphatic heterocycles. The monoisotopic (exact) mass is 467 g/mol. The standard InChI is InChI=1S/C26H29NO5S/c1-18-14-19(2)26(20(3)15-18)33(30,31)27(17-22-6-5-7-24(28)16-22)23-11-8-21(9-12-23)10-13-25(29)32-4/h5-9,11-12,14-16,28H,10,13,17H2,1-4H3. The molecule has 0 spiro atoms. The maximum Gasteiger partial charge on any atom is 0.305 e. The van der Waals surface area contributed by atoms with Gasteiger partial charge in [0.1, 0.15) is 5.75 Å². The normalized spacial score (nSPS) is 11.3. The van der Waals surface area contributed by atoms with Crippen LogP contribution in [0.3, 0.4) is 0 Å². The molecule has 3 aromatic carbocycles. The number of sulfonamides is 1. The molecule has 0 aromatic heterocycles. The van der Waals surface area contributed by atoms with E-state index in [1.807, 2.05) is 31.2 Å². The van der Waals surface area contributed by atoms with Crippen molar-refractivity contribution >= 4 is 21.7 Å². The summed E-state index contributed by atoms with van der Waals surface area (Å²) in [7, 11) is -2.56. The fourth-order valence-corrected chi connectivity index (χ4v) is 5.87. The van der Waals surface area contributed by atoms with E-state index >= 15 is 0 Å². The molecular weight excluding hydrogens is 438 g/mol. The minimum atomic E-state index is -3.91. The van der Waals surface area contributed by atoms with Gasteiger partial charge in [-0.1, -0.05) is 42.0 Å². The first-order valence-electron chi connectivity index (χ1n) is 10.7. The maximum atomic E-state index is 13.9. The summed E-state index contributed by atoms with van der Waals surface area (Å²) in [4.78, 5) is 11.7. The van der Waals surface area contributed by atoms with Crippen LogP contribution in [0.5, 0.6) is 5.75 Å². The molecule has 3 aromatic rings. The van der Waals surface area contributed by atoms with Crippen molar-refractivity contribution in [3.63, 3.8) is 0 Å². The third kappa shape index (κ3) is 5.73. The van der Waals surface area contributed by atoms with Crippen LogP contribution in [-0.4, -0.2) is 26.6 Å². The summed E-state index contributed by atoms with van der Waals surface area (Å²) >= 11 is 0. The van der Waals surface area contributed by atoms with E-state index < -0.39 is 10.0 Å². The van der Waals surface area contributed by atoms with E-state index in [9.17, 15) is 18.3 Å². The summed E-state index contributed by atoms with van der Waals surface area (Å²) in [5, 5.41) is 9.89. The van der Waals surface area contributed by atoms with Crippen molar-refractivity contribution in [3.05, 3.63) is 88.5 Å². The molecule has 33 heavy (non-hydrogen) atoms. The highest BCUT2D eigenvalue weighted by molar-refractivity contribution is 7.92. The average Bonchev–Trinajstić information content (AvgIpc) is 2.75. The number of rotatable bonds is 8. The highest BCUT2D eigenvalue weighted by Crippen LogP contribution is 2.31. The number of phenolic OH excluding ortho intramolecular Hbond substituents is 1. The van der Waals surface area contributed by atoms with E-state index in [2.05, 4.69) is 4.74 Å². The van der Waals surface area contributed by atoms with Crippen molar-refractivity contribution in [3.8, 4) is 5.75 Å². The number of methoxy groups -OCH3 is 1. The minimum Gasteiger partial charge on any atom is -0.508 e. The van der Waals surface area contributed by atoms with E-state index in [1.165, 1.54) is 11.4 Å². The number of phenols is 1. The van der Waals surface area contributed by atoms with Gasteiger partial charge in [-0.25, -0.2) is 8.42 Å². The molecule has 0 radical (unpaired) electrons. The molecule has 0 amide bonds. The minimum absolute atomic E-state index is 0.0605. The topological polar surface area (TPSA) is 83.9 Å². The molecule has 0 aliphatic rings. The van der Waals surface area contributed by atoms with Gasteiger partial charge < -0.3 is 9.84 Å². The Balaban J connectivity index is 2.04. The van der Waals surface area contributed by atoms with Gasteiger partial charge in [0.25, 0.3) is 10.0 Å². The van der Waals surface area contributed by atoms with E-state index in [0.29, 0.717) is 28.8 Å². The van der Waals surface area contributed by atoms with Gasteiger partial charge in [-0.05, 0) is 73.7 Å². The number of aromatic hydroxyl groups is 1. The van der Waals surface area contributed by atoms with Gasteiger partial charge in [-0.3, -0.25) is 9.10 Å². The number of hydrogen-bond donors (Lipinski definition) is 1. The number of anilines is 1. The molecular formula is C26H29NO5S. The number of hydrogen-bond acceptors (Lipinski definition) is 5. The molecule has 7 heteroatoms. The zero-order valence-electron chi connectivity index (χ0n) is 19.3. The molecule has 0 fully saturated rings. The fourth-order valence-electron chi connectivity index (χ4n) is 4.00. The molecule has 0 heterocycles. The van der Waals surface area contributed by atoms with Crippen LogP contribution in [0.2, 0.25) is 0 Å². The number of ether oxygens (including phenoxy) is 1. The molecule has 0 unspecified atom stereocenters.